The maximum Gasteiger partial charge on any atom is 0.283 e. The van der Waals surface area contributed by atoms with Gasteiger partial charge < -0.3 is 0 Å². The third-order valence-corrected chi connectivity index (χ3v) is 7.12. The predicted octanol–water partition coefficient (Wildman–Crippen LogP) is 4.29. The zero-order chi connectivity index (χ0) is 15.8. The topological polar surface area (TPSA) is 89.3 Å². The molecule has 0 saturated heterocycles. The Morgan fingerprint density at radius 2 is 1.95 bits per heavy atom. The number of nitro benzene ring substituents is 1. The van der Waals surface area contributed by atoms with Gasteiger partial charge in [0.2, 0.25) is 0 Å². The molecule has 21 heavy (non-hydrogen) atoms. The van der Waals surface area contributed by atoms with Crippen molar-refractivity contribution in [3.63, 3.8) is 0 Å². The molecule has 112 valence electrons. The van der Waals surface area contributed by atoms with Crippen molar-refractivity contribution in [3.8, 4) is 0 Å². The van der Waals surface area contributed by atoms with Crippen LogP contribution in [0.4, 0.5) is 11.4 Å². The van der Waals surface area contributed by atoms with Gasteiger partial charge >= 0.3 is 0 Å². The van der Waals surface area contributed by atoms with Gasteiger partial charge in [-0.15, -0.1) is 11.3 Å². The minimum atomic E-state index is -3.72. The second-order valence-corrected chi connectivity index (χ2v) is 9.18. The summed E-state index contributed by atoms with van der Waals surface area (Å²) in [6, 6.07) is 5.48. The Balaban J connectivity index is 2.33. The summed E-state index contributed by atoms with van der Waals surface area (Å²) in [6.07, 6.45) is 0. The van der Waals surface area contributed by atoms with Gasteiger partial charge in [0.25, 0.3) is 15.7 Å². The van der Waals surface area contributed by atoms with Crippen molar-refractivity contribution in [1.82, 2.24) is 0 Å². The van der Waals surface area contributed by atoms with Gasteiger partial charge in [0.15, 0.2) is 0 Å². The predicted molar refractivity (Wildman–Crippen MR) is 88.4 cm³/mol. The third kappa shape index (κ3) is 3.62. The van der Waals surface area contributed by atoms with Crippen molar-refractivity contribution in [2.24, 2.45) is 0 Å². The number of hydrogen-bond acceptors (Lipinski definition) is 5. The van der Waals surface area contributed by atoms with Gasteiger partial charge in [-0.3, -0.25) is 14.8 Å². The largest absolute Gasteiger partial charge is 0.283 e. The first-order valence-electron chi connectivity index (χ1n) is 5.43. The molecule has 0 aliphatic heterocycles. The average Bonchev–Trinajstić information content (AvgIpc) is 2.69. The molecule has 0 aliphatic rings. The fourth-order valence-corrected chi connectivity index (χ4v) is 5.29. The lowest BCUT2D eigenvalue weighted by molar-refractivity contribution is -0.385. The molecule has 0 radical (unpaired) electrons. The standard InChI is InChI=1S/C11H8Br2N2O4S2/c1-6-4-10(20-11(6)13)21(18,19)14-7-2-3-9(15(16)17)8(12)5-7/h2-5,14H,1H3. The highest BCUT2D eigenvalue weighted by Gasteiger charge is 2.20. The summed E-state index contributed by atoms with van der Waals surface area (Å²) in [5, 5.41) is 10.7. The molecular formula is C11H8Br2N2O4S2. The summed E-state index contributed by atoms with van der Waals surface area (Å²) in [4.78, 5) is 10.2. The van der Waals surface area contributed by atoms with E-state index in [2.05, 4.69) is 36.6 Å². The van der Waals surface area contributed by atoms with Crippen LogP contribution in [0.3, 0.4) is 0 Å². The summed E-state index contributed by atoms with van der Waals surface area (Å²) in [7, 11) is -3.72. The monoisotopic (exact) mass is 454 g/mol. The molecule has 0 atom stereocenters. The lowest BCUT2D eigenvalue weighted by Gasteiger charge is -2.06. The van der Waals surface area contributed by atoms with Crippen molar-refractivity contribution in [1.29, 1.82) is 0 Å². The van der Waals surface area contributed by atoms with E-state index in [0.29, 0.717) is 0 Å². The van der Waals surface area contributed by atoms with E-state index in [-0.39, 0.29) is 20.1 Å². The lowest BCUT2D eigenvalue weighted by atomic mass is 10.3. The third-order valence-electron chi connectivity index (χ3n) is 2.50. The van der Waals surface area contributed by atoms with Crippen LogP contribution in [0.5, 0.6) is 0 Å². The maximum atomic E-state index is 12.2. The second-order valence-electron chi connectivity index (χ2n) is 4.05. The van der Waals surface area contributed by atoms with Crippen molar-refractivity contribution in [2.75, 3.05) is 4.72 Å². The molecule has 2 rings (SSSR count). The van der Waals surface area contributed by atoms with Gasteiger partial charge in [-0.2, -0.15) is 0 Å². The van der Waals surface area contributed by atoms with Crippen LogP contribution in [0, 0.1) is 17.0 Å². The SMILES string of the molecule is Cc1cc(S(=O)(=O)Nc2ccc([N+](=O)[O-])c(Br)c2)sc1Br. The van der Waals surface area contributed by atoms with E-state index in [0.717, 1.165) is 20.7 Å². The highest BCUT2D eigenvalue weighted by molar-refractivity contribution is 9.11. The van der Waals surface area contributed by atoms with Crippen molar-refractivity contribution < 1.29 is 13.3 Å². The number of nitro groups is 1. The molecule has 6 nitrogen and oxygen atoms in total. The zero-order valence-electron chi connectivity index (χ0n) is 10.5. The van der Waals surface area contributed by atoms with Gasteiger partial charge in [0, 0.05) is 6.07 Å². The van der Waals surface area contributed by atoms with Gasteiger partial charge in [-0.1, -0.05) is 0 Å². The van der Waals surface area contributed by atoms with Crippen LogP contribution in [0.2, 0.25) is 0 Å². The van der Waals surface area contributed by atoms with Crippen LogP contribution in [0.25, 0.3) is 0 Å². The number of nitrogens with one attached hydrogen (secondary N) is 1. The Morgan fingerprint density at radius 3 is 2.43 bits per heavy atom. The van der Waals surface area contributed by atoms with Crippen molar-refractivity contribution in [2.45, 2.75) is 11.1 Å². The molecule has 0 fully saturated rings. The van der Waals surface area contributed by atoms with Crippen LogP contribution >= 0.6 is 43.2 Å². The fraction of sp³-hybridized carbons (Fsp3) is 0.0909. The molecule has 0 unspecified atom stereocenters. The summed E-state index contributed by atoms with van der Waals surface area (Å²) in [6.45, 7) is 1.79. The number of benzene rings is 1. The Labute approximate surface area is 141 Å². The van der Waals surface area contributed by atoms with Crippen LogP contribution in [0.1, 0.15) is 5.56 Å². The summed E-state index contributed by atoms with van der Waals surface area (Å²) >= 11 is 7.42. The summed E-state index contributed by atoms with van der Waals surface area (Å²) < 4.78 is 28.0. The number of anilines is 1. The molecule has 1 heterocycles. The molecule has 2 aromatic rings. The number of halogens is 2. The molecule has 1 aromatic carbocycles. The molecule has 0 amide bonds. The van der Waals surface area contributed by atoms with Crippen LogP contribution in [-0.4, -0.2) is 13.3 Å². The number of nitrogens with zero attached hydrogens (tertiary/aromatic N) is 1. The van der Waals surface area contributed by atoms with Crippen LogP contribution < -0.4 is 4.72 Å². The highest BCUT2D eigenvalue weighted by Crippen LogP contribution is 2.33. The van der Waals surface area contributed by atoms with Crippen molar-refractivity contribution in [3.05, 3.63) is 48.2 Å². The van der Waals surface area contributed by atoms with Crippen molar-refractivity contribution >= 4 is 64.6 Å². The van der Waals surface area contributed by atoms with Crippen LogP contribution in [-0.2, 0) is 10.0 Å². The van der Waals surface area contributed by atoms with Gasteiger partial charge in [0.05, 0.1) is 18.9 Å². The molecule has 0 spiro atoms. The summed E-state index contributed by atoms with van der Waals surface area (Å²) in [5.74, 6) is 0. The molecule has 1 aromatic heterocycles. The Kier molecular flexibility index (Phi) is 4.71. The Hall–Kier alpha value is -0.970. The minimum Gasteiger partial charge on any atom is -0.279 e. The molecule has 1 N–H and O–H groups in total. The van der Waals surface area contributed by atoms with Gasteiger partial charge in [-0.25, -0.2) is 8.42 Å². The smallest absolute Gasteiger partial charge is 0.279 e. The van der Waals surface area contributed by atoms with E-state index in [9.17, 15) is 18.5 Å². The van der Waals surface area contributed by atoms with E-state index in [1.54, 1.807) is 13.0 Å². The van der Waals surface area contributed by atoms with Gasteiger partial charge in [-0.05, 0) is 62.5 Å². The number of rotatable bonds is 4. The molecular weight excluding hydrogens is 448 g/mol. The lowest BCUT2D eigenvalue weighted by Crippen LogP contribution is -2.11. The van der Waals surface area contributed by atoms with E-state index >= 15 is 0 Å². The maximum absolute atomic E-state index is 12.2. The number of thiophene rings is 1. The Morgan fingerprint density at radius 1 is 1.29 bits per heavy atom. The Bertz CT molecular complexity index is 798. The zero-order valence-corrected chi connectivity index (χ0v) is 15.3. The van der Waals surface area contributed by atoms with E-state index in [4.69, 9.17) is 0 Å². The van der Waals surface area contributed by atoms with E-state index in [1.807, 2.05) is 0 Å². The van der Waals surface area contributed by atoms with E-state index < -0.39 is 14.9 Å². The molecule has 0 saturated carbocycles. The average molecular weight is 456 g/mol. The first kappa shape index (κ1) is 16.4. The first-order chi connectivity index (χ1) is 9.70. The fourth-order valence-electron chi connectivity index (χ4n) is 1.49. The normalized spacial score (nSPS) is 11.4. The minimum absolute atomic E-state index is 0.132. The summed E-state index contributed by atoms with van der Waals surface area (Å²) in [5.41, 5.74) is 0.938. The highest BCUT2D eigenvalue weighted by atomic mass is 79.9. The molecule has 10 heteroatoms. The first-order valence-corrected chi connectivity index (χ1v) is 9.32. The number of hydrogen-bond donors (Lipinski definition) is 1. The number of sulfonamides is 1. The number of aryl methyl sites for hydroxylation is 1. The molecule has 0 bridgehead atoms. The van der Waals surface area contributed by atoms with Crippen LogP contribution in [0.15, 0.2) is 36.7 Å². The molecule has 0 aliphatic carbocycles. The second kappa shape index (κ2) is 6.03. The quantitative estimate of drug-likeness (QED) is 0.549. The van der Waals surface area contributed by atoms with Gasteiger partial charge in [0.1, 0.15) is 4.21 Å². The van der Waals surface area contributed by atoms with E-state index in [1.165, 1.54) is 18.2 Å².